The summed E-state index contributed by atoms with van der Waals surface area (Å²) in [5.74, 6) is -0.753. The van der Waals surface area contributed by atoms with Crippen LogP contribution in [0.15, 0.2) is 45.8 Å². The van der Waals surface area contributed by atoms with Crippen LogP contribution in [0.25, 0.3) is 0 Å². The van der Waals surface area contributed by atoms with Crippen molar-refractivity contribution in [2.75, 3.05) is 20.2 Å². The van der Waals surface area contributed by atoms with Crippen LogP contribution in [0.2, 0.25) is 0 Å². The second kappa shape index (κ2) is 8.59. The molecule has 150 valence electrons. The lowest BCUT2D eigenvalue weighted by Crippen LogP contribution is -2.29. The summed E-state index contributed by atoms with van der Waals surface area (Å²) in [6.07, 6.45) is 1.61. The first-order chi connectivity index (χ1) is 13.3. The Balaban J connectivity index is 1.84. The first kappa shape index (κ1) is 20.8. The maximum absolute atomic E-state index is 13.8. The molecule has 28 heavy (non-hydrogen) atoms. The number of nitrogens with zero attached hydrogens (tertiary/aromatic N) is 1. The number of rotatable bonds is 6. The molecular weight excluding hydrogens is 451 g/mol. The normalized spacial score (nSPS) is 14.8. The average Bonchev–Trinajstić information content (AvgIpc) is 3.23. The topological polar surface area (TPSA) is 75.7 Å². The summed E-state index contributed by atoms with van der Waals surface area (Å²) in [4.78, 5) is 12.5. The monoisotopic (exact) mass is 470 g/mol. The lowest BCUT2D eigenvalue weighted by atomic mass is 10.1. The summed E-state index contributed by atoms with van der Waals surface area (Å²) < 4.78 is 46.9. The molecule has 0 spiro atoms. The first-order valence-corrected chi connectivity index (χ1v) is 11.0. The Morgan fingerprint density at radius 1 is 1.21 bits per heavy atom. The van der Waals surface area contributed by atoms with E-state index in [1.807, 2.05) is 0 Å². The van der Waals surface area contributed by atoms with E-state index in [0.717, 1.165) is 12.8 Å². The van der Waals surface area contributed by atoms with E-state index >= 15 is 0 Å². The Labute approximate surface area is 171 Å². The minimum atomic E-state index is -3.75. The summed E-state index contributed by atoms with van der Waals surface area (Å²) >= 11 is 3.26. The third-order valence-corrected chi connectivity index (χ3v) is 6.97. The van der Waals surface area contributed by atoms with Gasteiger partial charge in [-0.3, -0.25) is 4.79 Å². The van der Waals surface area contributed by atoms with Gasteiger partial charge in [0.05, 0.1) is 7.11 Å². The van der Waals surface area contributed by atoms with Crippen molar-refractivity contribution in [3.63, 3.8) is 0 Å². The van der Waals surface area contributed by atoms with Gasteiger partial charge in [0.15, 0.2) is 0 Å². The number of carbonyl (C=O) groups excluding carboxylic acids is 1. The molecule has 1 amide bonds. The lowest BCUT2D eigenvalue weighted by Gasteiger charge is -2.18. The highest BCUT2D eigenvalue weighted by atomic mass is 79.9. The number of methoxy groups -OCH3 is 1. The molecule has 1 fully saturated rings. The third kappa shape index (κ3) is 4.37. The minimum Gasteiger partial charge on any atom is -0.495 e. The highest BCUT2D eigenvalue weighted by molar-refractivity contribution is 9.10. The van der Waals surface area contributed by atoms with Crippen LogP contribution in [0.1, 0.15) is 28.8 Å². The van der Waals surface area contributed by atoms with Crippen molar-refractivity contribution >= 4 is 31.9 Å². The van der Waals surface area contributed by atoms with Crippen LogP contribution in [0, 0.1) is 5.82 Å². The summed E-state index contributed by atoms with van der Waals surface area (Å²) in [7, 11) is -2.37. The number of halogens is 2. The Morgan fingerprint density at radius 3 is 2.61 bits per heavy atom. The number of carbonyl (C=O) groups is 1. The summed E-state index contributed by atoms with van der Waals surface area (Å²) in [6, 6.07) is 8.69. The van der Waals surface area contributed by atoms with E-state index in [1.165, 1.54) is 35.7 Å². The molecule has 9 heteroatoms. The van der Waals surface area contributed by atoms with Gasteiger partial charge >= 0.3 is 0 Å². The number of nitrogens with one attached hydrogen (secondary N) is 1. The fourth-order valence-corrected chi connectivity index (χ4v) is 5.15. The number of sulfonamides is 1. The highest BCUT2D eigenvalue weighted by Crippen LogP contribution is 2.30. The molecule has 0 saturated carbocycles. The second-order valence-electron chi connectivity index (χ2n) is 6.40. The van der Waals surface area contributed by atoms with Crippen molar-refractivity contribution in [2.45, 2.75) is 24.3 Å². The molecule has 1 aliphatic rings. The molecule has 0 unspecified atom stereocenters. The zero-order valence-electron chi connectivity index (χ0n) is 15.2. The van der Waals surface area contributed by atoms with Gasteiger partial charge in [0.25, 0.3) is 5.91 Å². The van der Waals surface area contributed by atoms with Crippen molar-refractivity contribution in [1.29, 1.82) is 0 Å². The van der Waals surface area contributed by atoms with E-state index in [0.29, 0.717) is 23.1 Å². The molecule has 2 aromatic rings. The molecule has 1 heterocycles. The van der Waals surface area contributed by atoms with Crippen LogP contribution in [0.5, 0.6) is 5.75 Å². The zero-order chi connectivity index (χ0) is 20.3. The Kier molecular flexibility index (Phi) is 6.36. The van der Waals surface area contributed by atoms with Crippen molar-refractivity contribution in [3.05, 3.63) is 57.8 Å². The van der Waals surface area contributed by atoms with E-state index in [9.17, 15) is 17.6 Å². The molecular formula is C19H20BrFN2O4S. The first-order valence-electron chi connectivity index (χ1n) is 8.73. The predicted octanol–water partition coefficient (Wildman–Crippen LogP) is 3.31. The summed E-state index contributed by atoms with van der Waals surface area (Å²) in [6.45, 7) is 0.874. The lowest BCUT2D eigenvalue weighted by molar-refractivity contribution is 0.0950. The highest BCUT2D eigenvalue weighted by Gasteiger charge is 2.30. The van der Waals surface area contributed by atoms with Gasteiger partial charge in [0.1, 0.15) is 16.5 Å². The van der Waals surface area contributed by atoms with E-state index in [-0.39, 0.29) is 22.8 Å². The van der Waals surface area contributed by atoms with Gasteiger partial charge in [-0.15, -0.1) is 0 Å². The SMILES string of the molecule is COc1ccc(C(=O)NCc2cc(Br)ccc2F)cc1S(=O)(=O)N1CCCC1. The van der Waals surface area contributed by atoms with E-state index in [1.54, 1.807) is 12.1 Å². The van der Waals surface area contributed by atoms with Gasteiger partial charge in [-0.25, -0.2) is 12.8 Å². The number of benzene rings is 2. The Hall–Kier alpha value is -1.97. The van der Waals surface area contributed by atoms with E-state index in [2.05, 4.69) is 21.2 Å². The molecule has 3 rings (SSSR count). The predicted molar refractivity (Wildman–Crippen MR) is 106 cm³/mol. The number of ether oxygens (including phenoxy) is 1. The number of hydrogen-bond donors (Lipinski definition) is 1. The van der Waals surface area contributed by atoms with Crippen LogP contribution in [0.3, 0.4) is 0 Å². The van der Waals surface area contributed by atoms with Crippen molar-refractivity contribution in [2.24, 2.45) is 0 Å². The van der Waals surface area contributed by atoms with Crippen molar-refractivity contribution in [1.82, 2.24) is 9.62 Å². The van der Waals surface area contributed by atoms with Crippen LogP contribution >= 0.6 is 15.9 Å². The Bertz CT molecular complexity index is 991. The van der Waals surface area contributed by atoms with E-state index in [4.69, 9.17) is 4.74 Å². The molecule has 0 aromatic heterocycles. The van der Waals surface area contributed by atoms with Gasteiger partial charge in [0, 0.05) is 35.2 Å². The summed E-state index contributed by atoms with van der Waals surface area (Å²) in [5.41, 5.74) is 0.482. The standard InChI is InChI=1S/C19H20BrFN2O4S/c1-27-17-7-4-13(11-18(17)28(25,26)23-8-2-3-9-23)19(24)22-12-14-10-15(20)5-6-16(14)21/h4-7,10-11H,2-3,8-9,12H2,1H3,(H,22,24). The van der Waals surface area contributed by atoms with Gasteiger partial charge in [-0.05, 0) is 49.2 Å². The van der Waals surface area contributed by atoms with Gasteiger partial charge < -0.3 is 10.1 Å². The largest absolute Gasteiger partial charge is 0.495 e. The van der Waals surface area contributed by atoms with Crippen LogP contribution in [-0.4, -0.2) is 38.8 Å². The fourth-order valence-electron chi connectivity index (χ4n) is 3.04. The van der Waals surface area contributed by atoms with E-state index < -0.39 is 21.7 Å². The van der Waals surface area contributed by atoms with Crippen LogP contribution in [0.4, 0.5) is 4.39 Å². The molecule has 1 saturated heterocycles. The van der Waals surface area contributed by atoms with Crippen molar-refractivity contribution in [3.8, 4) is 5.75 Å². The zero-order valence-corrected chi connectivity index (χ0v) is 17.6. The number of amides is 1. The maximum Gasteiger partial charge on any atom is 0.251 e. The molecule has 1 aliphatic heterocycles. The minimum absolute atomic E-state index is 0.0235. The number of hydrogen-bond acceptors (Lipinski definition) is 4. The molecule has 2 aromatic carbocycles. The van der Waals surface area contributed by atoms with Crippen LogP contribution < -0.4 is 10.1 Å². The average molecular weight is 471 g/mol. The second-order valence-corrected chi connectivity index (χ2v) is 9.22. The van der Waals surface area contributed by atoms with Gasteiger partial charge in [-0.1, -0.05) is 15.9 Å². The molecule has 1 N–H and O–H groups in total. The van der Waals surface area contributed by atoms with Crippen LogP contribution in [-0.2, 0) is 16.6 Å². The quantitative estimate of drug-likeness (QED) is 0.702. The molecule has 0 radical (unpaired) electrons. The molecule has 0 bridgehead atoms. The van der Waals surface area contributed by atoms with Crippen molar-refractivity contribution < 1.29 is 22.3 Å². The van der Waals surface area contributed by atoms with Gasteiger partial charge in [-0.2, -0.15) is 4.31 Å². The fraction of sp³-hybridized carbons (Fsp3) is 0.316. The Morgan fingerprint density at radius 2 is 1.93 bits per heavy atom. The molecule has 0 atom stereocenters. The summed E-state index contributed by atoms with van der Waals surface area (Å²) in [5, 5.41) is 2.62. The third-order valence-electron chi connectivity index (χ3n) is 4.56. The molecule has 6 nitrogen and oxygen atoms in total. The van der Waals surface area contributed by atoms with Gasteiger partial charge in [0.2, 0.25) is 10.0 Å². The maximum atomic E-state index is 13.8. The molecule has 0 aliphatic carbocycles. The smallest absolute Gasteiger partial charge is 0.251 e.